The van der Waals surface area contributed by atoms with Crippen LogP contribution in [0.2, 0.25) is 0 Å². The van der Waals surface area contributed by atoms with E-state index in [1.807, 2.05) is 36.4 Å². The van der Waals surface area contributed by atoms with Crippen LogP contribution in [0.4, 0.5) is 0 Å². The zero-order chi connectivity index (χ0) is 48.9. The van der Waals surface area contributed by atoms with Gasteiger partial charge in [0.1, 0.15) is 34.5 Å². The second kappa shape index (κ2) is 37.2. The van der Waals surface area contributed by atoms with E-state index in [-0.39, 0.29) is 0 Å². The van der Waals surface area contributed by atoms with Gasteiger partial charge in [-0.25, -0.2) is 0 Å². The van der Waals surface area contributed by atoms with Crippen molar-refractivity contribution >= 4 is 36.9 Å². The Bertz CT molecular complexity index is 1740. The lowest BCUT2D eigenvalue weighted by Crippen LogP contribution is -2.04. The van der Waals surface area contributed by atoms with Gasteiger partial charge in [0, 0.05) is 22.3 Å². The molecule has 8 heteroatoms. The van der Waals surface area contributed by atoms with E-state index in [1.165, 1.54) is 0 Å². The first-order chi connectivity index (χ1) is 33.5. The van der Waals surface area contributed by atoms with Crippen LogP contribution >= 0.6 is 0 Å². The smallest absolute Gasteiger partial charge is 0.153 e. The van der Waals surface area contributed by atoms with E-state index in [1.54, 1.807) is 0 Å². The molecular weight excluding hydrogens is 849 g/mol. The van der Waals surface area contributed by atoms with Crippen molar-refractivity contribution in [3.63, 3.8) is 0 Å². The minimum Gasteiger partial charge on any atom is -0.493 e. The molecule has 0 bridgehead atoms. The molecule has 0 heterocycles. The predicted molar refractivity (Wildman–Crippen MR) is 286 cm³/mol. The Morgan fingerprint density at radius 3 is 0.618 bits per heavy atom. The highest BCUT2D eigenvalue weighted by atomic mass is 16.5. The van der Waals surface area contributed by atoms with Crippen LogP contribution in [0.15, 0.2) is 36.4 Å². The molecule has 68 heavy (non-hydrogen) atoms. The van der Waals surface area contributed by atoms with Gasteiger partial charge in [-0.2, -0.15) is 0 Å². The van der Waals surface area contributed by atoms with Gasteiger partial charge in [0.25, 0.3) is 0 Å². The summed E-state index contributed by atoms with van der Waals surface area (Å²) in [5.74, 6) is 3.92. The first-order valence-corrected chi connectivity index (χ1v) is 27.0. The molecule has 0 fully saturated rings. The van der Waals surface area contributed by atoms with E-state index in [0.717, 1.165) is 200 Å². The standard InChI is InChI=1S/C60H90O8/c1-7-13-19-25-35-63-55-41-50(32-34-52-44-60(68-40-30-24-18-12-6)54(48-62)46-58(52)66-38-28-22-16-10-4)56(64-36-26-20-14-8-2)42-49(55)31-33-51-43-59(67-39-29-23-17-11-5)53(47-61)45-57(51)65-37-27-21-15-9-3/h31-34,41-48H,7-30,35-40H2,1-6H3. The number of benzene rings is 3. The number of ether oxygens (including phenoxy) is 6. The summed E-state index contributed by atoms with van der Waals surface area (Å²) in [6.45, 7) is 16.6. The minimum absolute atomic E-state index is 0.490. The van der Waals surface area contributed by atoms with Crippen LogP contribution < -0.4 is 28.4 Å². The topological polar surface area (TPSA) is 89.5 Å². The van der Waals surface area contributed by atoms with Gasteiger partial charge in [0.2, 0.25) is 0 Å². The Morgan fingerprint density at radius 2 is 0.441 bits per heavy atom. The third kappa shape index (κ3) is 22.6. The Labute approximate surface area is 412 Å². The van der Waals surface area contributed by atoms with E-state index in [4.69, 9.17) is 28.4 Å². The molecule has 0 atom stereocenters. The lowest BCUT2D eigenvalue weighted by atomic mass is 10.0. The fraction of sp³-hybridized carbons (Fsp3) is 0.600. The fourth-order valence-corrected chi connectivity index (χ4v) is 7.85. The zero-order valence-electron chi connectivity index (χ0n) is 43.4. The van der Waals surface area contributed by atoms with Crippen LogP contribution in [0.3, 0.4) is 0 Å². The summed E-state index contributed by atoms with van der Waals surface area (Å²) in [5.41, 5.74) is 4.40. The largest absolute Gasteiger partial charge is 0.493 e. The highest BCUT2D eigenvalue weighted by Gasteiger charge is 2.16. The van der Waals surface area contributed by atoms with Crippen molar-refractivity contribution < 1.29 is 38.0 Å². The van der Waals surface area contributed by atoms with Crippen LogP contribution in [0.1, 0.15) is 239 Å². The first kappa shape index (κ1) is 57.6. The number of carbonyl (C=O) groups excluding carboxylic acids is 2. The van der Waals surface area contributed by atoms with Gasteiger partial charge in [-0.15, -0.1) is 0 Å². The molecule has 0 saturated heterocycles. The molecule has 0 unspecified atom stereocenters. The summed E-state index contributed by atoms with van der Waals surface area (Å²) in [6.07, 6.45) is 35.9. The maximum absolute atomic E-state index is 12.4. The summed E-state index contributed by atoms with van der Waals surface area (Å²) in [4.78, 5) is 24.8. The summed E-state index contributed by atoms with van der Waals surface area (Å²) in [6, 6.07) is 11.7. The molecular formula is C60H90O8. The van der Waals surface area contributed by atoms with Crippen LogP contribution in [-0.2, 0) is 0 Å². The highest BCUT2D eigenvalue weighted by molar-refractivity contribution is 5.86. The van der Waals surface area contributed by atoms with Crippen molar-refractivity contribution in [3.8, 4) is 34.5 Å². The van der Waals surface area contributed by atoms with Crippen LogP contribution in [0.25, 0.3) is 24.3 Å². The molecule has 0 aliphatic rings. The van der Waals surface area contributed by atoms with E-state index in [2.05, 4.69) is 65.8 Å². The Kier molecular flexibility index (Phi) is 31.5. The molecule has 0 aliphatic heterocycles. The van der Waals surface area contributed by atoms with E-state index < -0.39 is 0 Å². The van der Waals surface area contributed by atoms with Crippen molar-refractivity contribution in [2.75, 3.05) is 39.6 Å². The second-order valence-electron chi connectivity index (χ2n) is 18.1. The van der Waals surface area contributed by atoms with Crippen molar-refractivity contribution in [3.05, 3.63) is 69.8 Å². The number of carbonyl (C=O) groups is 2. The quantitative estimate of drug-likeness (QED) is 0.0315. The molecule has 8 nitrogen and oxygen atoms in total. The molecule has 0 aromatic heterocycles. The average Bonchev–Trinajstić information content (AvgIpc) is 3.35. The van der Waals surface area contributed by atoms with E-state index in [9.17, 15) is 9.59 Å². The molecule has 3 rings (SSSR count). The Balaban J connectivity index is 2.18. The first-order valence-electron chi connectivity index (χ1n) is 27.0. The number of aldehydes is 2. The average molecular weight is 939 g/mol. The van der Waals surface area contributed by atoms with Gasteiger partial charge in [-0.3, -0.25) is 9.59 Å². The number of hydrogen-bond donors (Lipinski definition) is 0. The van der Waals surface area contributed by atoms with Crippen molar-refractivity contribution in [1.29, 1.82) is 0 Å². The number of hydrogen-bond acceptors (Lipinski definition) is 8. The lowest BCUT2D eigenvalue weighted by molar-refractivity contribution is 0.111. The third-order valence-corrected chi connectivity index (χ3v) is 12.1. The van der Waals surface area contributed by atoms with Gasteiger partial charge >= 0.3 is 0 Å². The molecule has 0 aliphatic carbocycles. The van der Waals surface area contributed by atoms with Crippen molar-refractivity contribution in [1.82, 2.24) is 0 Å². The van der Waals surface area contributed by atoms with Crippen molar-refractivity contribution in [2.45, 2.75) is 196 Å². The molecule has 3 aromatic carbocycles. The summed E-state index contributed by atoms with van der Waals surface area (Å²) in [7, 11) is 0. The Morgan fingerprint density at radius 1 is 0.265 bits per heavy atom. The van der Waals surface area contributed by atoms with Crippen LogP contribution in [-0.4, -0.2) is 52.2 Å². The summed E-state index contributed by atoms with van der Waals surface area (Å²) < 4.78 is 38.6. The number of rotatable bonds is 42. The fourth-order valence-electron chi connectivity index (χ4n) is 7.85. The maximum atomic E-state index is 12.4. The number of unbranched alkanes of at least 4 members (excludes halogenated alkanes) is 18. The normalized spacial score (nSPS) is 11.4. The minimum atomic E-state index is 0.490. The second-order valence-corrected chi connectivity index (χ2v) is 18.1. The maximum Gasteiger partial charge on any atom is 0.153 e. The zero-order valence-corrected chi connectivity index (χ0v) is 43.4. The highest BCUT2D eigenvalue weighted by Crippen LogP contribution is 2.37. The van der Waals surface area contributed by atoms with Crippen LogP contribution in [0, 0.1) is 0 Å². The molecule has 0 amide bonds. The predicted octanol–water partition coefficient (Wildman–Crippen LogP) is 17.4. The van der Waals surface area contributed by atoms with Crippen LogP contribution in [0.5, 0.6) is 34.5 Å². The molecule has 0 saturated carbocycles. The molecule has 0 N–H and O–H groups in total. The third-order valence-electron chi connectivity index (χ3n) is 12.1. The molecule has 0 spiro atoms. The summed E-state index contributed by atoms with van der Waals surface area (Å²) in [5, 5.41) is 0. The van der Waals surface area contributed by atoms with Crippen molar-refractivity contribution in [2.24, 2.45) is 0 Å². The van der Waals surface area contributed by atoms with Gasteiger partial charge in [0.05, 0.1) is 50.8 Å². The molecule has 0 radical (unpaired) electrons. The van der Waals surface area contributed by atoms with Gasteiger partial charge in [-0.05, 0) is 74.9 Å². The SMILES string of the molecule is CCCCCCOc1cc(C=Cc2cc(OCCCCCC)c(C=Cc3cc(OCCCCCC)c(C=O)cc3OCCCCCC)cc2OCCCCCC)c(OCCCCCC)cc1C=O. The van der Waals surface area contributed by atoms with Gasteiger partial charge in [0.15, 0.2) is 12.6 Å². The molecule has 378 valence electrons. The molecule has 3 aromatic rings. The lowest BCUT2D eigenvalue weighted by Gasteiger charge is -2.17. The summed E-state index contributed by atoms with van der Waals surface area (Å²) >= 11 is 0. The Hall–Kier alpha value is -4.72. The monoisotopic (exact) mass is 939 g/mol. The van der Waals surface area contributed by atoms with Gasteiger partial charge < -0.3 is 28.4 Å². The van der Waals surface area contributed by atoms with Gasteiger partial charge in [-0.1, -0.05) is 181 Å². The van der Waals surface area contributed by atoms with E-state index in [0.29, 0.717) is 73.8 Å². The van der Waals surface area contributed by atoms with E-state index >= 15 is 0 Å².